The average molecular weight is 272 g/mol. The maximum Gasteiger partial charge on any atom is 0.252 e. The summed E-state index contributed by atoms with van der Waals surface area (Å²) in [5.74, 6) is 1.29. The number of nitriles is 1. The highest BCUT2D eigenvalue weighted by Gasteiger charge is 2.21. The Bertz CT molecular complexity index is 486. The Labute approximate surface area is 119 Å². The molecule has 0 bridgehead atoms. The second-order valence-electron chi connectivity index (χ2n) is 5.22. The first-order valence-corrected chi connectivity index (χ1v) is 7.16. The molecule has 0 spiro atoms. The Morgan fingerprint density at radius 3 is 2.70 bits per heavy atom. The molecule has 0 heterocycles. The Balaban J connectivity index is 1.87. The molecule has 1 amide bonds. The van der Waals surface area contributed by atoms with Crippen molar-refractivity contribution in [2.75, 3.05) is 6.61 Å². The zero-order chi connectivity index (χ0) is 14.4. The van der Waals surface area contributed by atoms with Gasteiger partial charge in [0.05, 0.1) is 12.7 Å². The molecule has 0 unspecified atom stereocenters. The molecule has 0 saturated heterocycles. The van der Waals surface area contributed by atoms with Gasteiger partial charge in [-0.05, 0) is 49.4 Å². The van der Waals surface area contributed by atoms with Crippen LogP contribution in [0.15, 0.2) is 24.3 Å². The summed E-state index contributed by atoms with van der Waals surface area (Å²) in [7, 11) is 0. The highest BCUT2D eigenvalue weighted by atomic mass is 16.5. The summed E-state index contributed by atoms with van der Waals surface area (Å²) in [5.41, 5.74) is 0.556. The number of nitrogens with zero attached hydrogens (tertiary/aromatic N) is 1. The van der Waals surface area contributed by atoms with Crippen LogP contribution in [0.1, 0.15) is 43.0 Å². The van der Waals surface area contributed by atoms with E-state index >= 15 is 0 Å². The number of nitrogens with one attached hydrogen (secondary N) is 1. The van der Waals surface area contributed by atoms with Gasteiger partial charge in [0.1, 0.15) is 11.8 Å². The molecule has 0 radical (unpaired) electrons. The second-order valence-corrected chi connectivity index (χ2v) is 5.22. The topological polar surface area (TPSA) is 62.1 Å². The van der Waals surface area contributed by atoms with Crippen molar-refractivity contribution in [3.63, 3.8) is 0 Å². The minimum absolute atomic E-state index is 0.209. The molecule has 1 aromatic carbocycles. The fourth-order valence-corrected chi connectivity index (χ4v) is 1.90. The molecule has 20 heavy (non-hydrogen) atoms. The normalized spacial score (nSPS) is 15.2. The quantitative estimate of drug-likeness (QED) is 0.830. The zero-order valence-electron chi connectivity index (χ0n) is 11.8. The SMILES string of the molecule is CCC[C@H](C#N)NC(=O)c1ccc(OCC2CC2)cc1. The van der Waals surface area contributed by atoms with Gasteiger partial charge in [-0.25, -0.2) is 0 Å². The van der Waals surface area contributed by atoms with Crippen LogP contribution in [0.25, 0.3) is 0 Å². The van der Waals surface area contributed by atoms with Crippen molar-refractivity contribution in [1.82, 2.24) is 5.32 Å². The lowest BCUT2D eigenvalue weighted by Crippen LogP contribution is -2.33. The van der Waals surface area contributed by atoms with Crippen LogP contribution >= 0.6 is 0 Å². The third kappa shape index (κ3) is 4.27. The lowest BCUT2D eigenvalue weighted by atomic mass is 10.1. The molecule has 106 valence electrons. The van der Waals surface area contributed by atoms with Crippen molar-refractivity contribution >= 4 is 5.91 Å². The number of amides is 1. The number of hydrogen-bond acceptors (Lipinski definition) is 3. The molecule has 2 rings (SSSR count). The molecular formula is C16H20N2O2. The van der Waals surface area contributed by atoms with Crippen LogP contribution in [0.5, 0.6) is 5.75 Å². The van der Waals surface area contributed by atoms with Crippen molar-refractivity contribution < 1.29 is 9.53 Å². The molecule has 1 saturated carbocycles. The van der Waals surface area contributed by atoms with Crippen LogP contribution in [0.3, 0.4) is 0 Å². The van der Waals surface area contributed by atoms with Gasteiger partial charge in [0, 0.05) is 5.56 Å². The Morgan fingerprint density at radius 1 is 1.45 bits per heavy atom. The van der Waals surface area contributed by atoms with Crippen molar-refractivity contribution in [3.05, 3.63) is 29.8 Å². The highest BCUT2D eigenvalue weighted by molar-refractivity contribution is 5.94. The van der Waals surface area contributed by atoms with E-state index in [0.717, 1.165) is 18.8 Å². The molecule has 1 N–H and O–H groups in total. The molecule has 4 heteroatoms. The first-order valence-electron chi connectivity index (χ1n) is 7.16. The number of carbonyl (C=O) groups is 1. The maximum atomic E-state index is 12.0. The van der Waals surface area contributed by atoms with Crippen molar-refractivity contribution in [2.24, 2.45) is 5.92 Å². The van der Waals surface area contributed by atoms with E-state index in [2.05, 4.69) is 11.4 Å². The first kappa shape index (κ1) is 14.4. The van der Waals surface area contributed by atoms with Gasteiger partial charge in [0.25, 0.3) is 5.91 Å². The van der Waals surface area contributed by atoms with Crippen LogP contribution in [0, 0.1) is 17.2 Å². The van der Waals surface area contributed by atoms with Crippen LogP contribution in [-0.2, 0) is 0 Å². The van der Waals surface area contributed by atoms with E-state index in [-0.39, 0.29) is 5.91 Å². The monoisotopic (exact) mass is 272 g/mol. The molecule has 1 aliphatic carbocycles. The minimum Gasteiger partial charge on any atom is -0.493 e. The molecule has 1 fully saturated rings. The van der Waals surface area contributed by atoms with Gasteiger partial charge < -0.3 is 10.1 Å². The summed E-state index contributed by atoms with van der Waals surface area (Å²) in [5, 5.41) is 11.7. The molecule has 0 aliphatic heterocycles. The van der Waals surface area contributed by atoms with Gasteiger partial charge in [-0.2, -0.15) is 5.26 Å². The van der Waals surface area contributed by atoms with Crippen LogP contribution in [-0.4, -0.2) is 18.6 Å². The van der Waals surface area contributed by atoms with Gasteiger partial charge in [0.2, 0.25) is 0 Å². The van der Waals surface area contributed by atoms with E-state index in [1.165, 1.54) is 12.8 Å². The fourth-order valence-electron chi connectivity index (χ4n) is 1.90. The summed E-state index contributed by atoms with van der Waals surface area (Å²) < 4.78 is 5.62. The molecule has 0 aromatic heterocycles. The maximum absolute atomic E-state index is 12.0. The second kappa shape index (κ2) is 6.95. The fraction of sp³-hybridized carbons (Fsp3) is 0.500. The van der Waals surface area contributed by atoms with E-state index in [4.69, 9.17) is 10.00 Å². The van der Waals surface area contributed by atoms with Crippen molar-refractivity contribution in [1.29, 1.82) is 5.26 Å². The summed E-state index contributed by atoms with van der Waals surface area (Å²) in [4.78, 5) is 12.0. The van der Waals surface area contributed by atoms with E-state index in [9.17, 15) is 4.79 Å². The average Bonchev–Trinajstić information content (AvgIpc) is 3.29. The molecule has 1 aromatic rings. The third-order valence-electron chi connectivity index (χ3n) is 3.34. The summed E-state index contributed by atoms with van der Waals surface area (Å²) >= 11 is 0. The highest BCUT2D eigenvalue weighted by Crippen LogP contribution is 2.29. The van der Waals surface area contributed by atoms with Crippen molar-refractivity contribution in [3.8, 4) is 11.8 Å². The van der Waals surface area contributed by atoms with Gasteiger partial charge in [-0.3, -0.25) is 4.79 Å². The summed E-state index contributed by atoms with van der Waals surface area (Å²) in [6, 6.07) is 8.76. The van der Waals surface area contributed by atoms with E-state index in [0.29, 0.717) is 17.9 Å². The first-order chi connectivity index (χ1) is 9.72. The number of benzene rings is 1. The van der Waals surface area contributed by atoms with Gasteiger partial charge in [-0.1, -0.05) is 13.3 Å². The number of ether oxygens (including phenoxy) is 1. The predicted molar refractivity (Wildman–Crippen MR) is 76.4 cm³/mol. The van der Waals surface area contributed by atoms with E-state index in [1.807, 2.05) is 6.92 Å². The predicted octanol–water partition coefficient (Wildman–Crippen LogP) is 2.90. The molecule has 4 nitrogen and oxygen atoms in total. The Kier molecular flexibility index (Phi) is 5.00. The lowest BCUT2D eigenvalue weighted by molar-refractivity contribution is 0.0944. The largest absolute Gasteiger partial charge is 0.493 e. The van der Waals surface area contributed by atoms with Crippen LogP contribution < -0.4 is 10.1 Å². The zero-order valence-corrected chi connectivity index (χ0v) is 11.8. The Morgan fingerprint density at radius 2 is 2.15 bits per heavy atom. The number of rotatable bonds is 7. The summed E-state index contributed by atoms with van der Waals surface area (Å²) in [6.07, 6.45) is 4.05. The standard InChI is InChI=1S/C16H20N2O2/c1-2-3-14(10-17)18-16(19)13-6-8-15(9-7-13)20-11-12-4-5-12/h6-9,12,14H,2-5,11H2,1H3,(H,18,19)/t14-/m1/s1. The molecule has 1 atom stereocenters. The van der Waals surface area contributed by atoms with Gasteiger partial charge in [0.15, 0.2) is 0 Å². The minimum atomic E-state index is -0.418. The van der Waals surface area contributed by atoms with Crippen molar-refractivity contribution in [2.45, 2.75) is 38.6 Å². The van der Waals surface area contributed by atoms with E-state index in [1.54, 1.807) is 24.3 Å². The Hall–Kier alpha value is -2.02. The molecular weight excluding hydrogens is 252 g/mol. The van der Waals surface area contributed by atoms with Gasteiger partial charge in [-0.15, -0.1) is 0 Å². The van der Waals surface area contributed by atoms with Crippen LogP contribution in [0.2, 0.25) is 0 Å². The van der Waals surface area contributed by atoms with Gasteiger partial charge >= 0.3 is 0 Å². The van der Waals surface area contributed by atoms with E-state index < -0.39 is 6.04 Å². The lowest BCUT2D eigenvalue weighted by Gasteiger charge is -2.11. The summed E-state index contributed by atoms with van der Waals surface area (Å²) in [6.45, 7) is 2.75. The smallest absolute Gasteiger partial charge is 0.252 e. The molecule has 1 aliphatic rings. The van der Waals surface area contributed by atoms with Crippen LogP contribution in [0.4, 0.5) is 0 Å². The number of hydrogen-bond donors (Lipinski definition) is 1. The number of carbonyl (C=O) groups excluding carboxylic acids is 1. The third-order valence-corrected chi connectivity index (χ3v) is 3.34.